The second-order valence-corrected chi connectivity index (χ2v) is 3.34. The monoisotopic (exact) mass is 257 g/mol. The van der Waals surface area contributed by atoms with Crippen molar-refractivity contribution in [1.29, 1.82) is 0 Å². The van der Waals surface area contributed by atoms with E-state index in [2.05, 4.69) is 14.7 Å². The Hall–Kier alpha value is -2.38. The number of hydrogen-bond donors (Lipinski definition) is 1. The zero-order valence-electron chi connectivity index (χ0n) is 8.73. The summed E-state index contributed by atoms with van der Waals surface area (Å²) in [5.41, 5.74) is 5.18. The molecule has 18 heavy (non-hydrogen) atoms. The normalized spacial score (nSPS) is 11.5. The summed E-state index contributed by atoms with van der Waals surface area (Å²) >= 11 is 0. The molecule has 94 valence electrons. The van der Waals surface area contributed by atoms with Gasteiger partial charge in [-0.1, -0.05) is 0 Å². The summed E-state index contributed by atoms with van der Waals surface area (Å²) in [6.07, 6.45) is -1.55. The highest BCUT2D eigenvalue weighted by Crippen LogP contribution is 2.29. The third-order valence-electron chi connectivity index (χ3n) is 2.08. The predicted octanol–water partition coefficient (Wildman–Crippen LogP) is 1.63. The van der Waals surface area contributed by atoms with E-state index < -0.39 is 18.0 Å². The van der Waals surface area contributed by atoms with Crippen LogP contribution in [0.5, 0.6) is 5.75 Å². The molecule has 0 aliphatic heterocycles. The van der Waals surface area contributed by atoms with Gasteiger partial charge in [0.25, 0.3) is 0 Å². The van der Waals surface area contributed by atoms with Crippen LogP contribution in [-0.4, -0.2) is 22.2 Å². The Morgan fingerprint density at radius 2 is 2.00 bits per heavy atom. The second-order valence-electron chi connectivity index (χ2n) is 3.34. The van der Waals surface area contributed by atoms with Gasteiger partial charge in [0.2, 0.25) is 5.91 Å². The van der Waals surface area contributed by atoms with Crippen LogP contribution in [0, 0.1) is 0 Å². The number of ether oxygens (including phenoxy) is 1. The van der Waals surface area contributed by atoms with Crippen molar-refractivity contribution in [1.82, 2.24) is 9.97 Å². The Kier molecular flexibility index (Phi) is 2.77. The van der Waals surface area contributed by atoms with Gasteiger partial charge in [-0.05, 0) is 6.07 Å². The van der Waals surface area contributed by atoms with Crippen molar-refractivity contribution in [3.05, 3.63) is 30.2 Å². The number of rotatable bonds is 2. The number of nitrogens with zero attached hydrogens (tertiary/aromatic N) is 2. The molecule has 0 saturated carbocycles. The van der Waals surface area contributed by atoms with Crippen LogP contribution < -0.4 is 10.5 Å². The van der Waals surface area contributed by atoms with E-state index in [1.165, 1.54) is 12.3 Å². The number of carbonyl (C=O) groups excluding carboxylic acids is 1. The smallest absolute Gasteiger partial charge is 0.403 e. The van der Waals surface area contributed by atoms with Crippen LogP contribution in [0.3, 0.4) is 0 Å². The lowest BCUT2D eigenvalue weighted by Crippen LogP contribution is -2.17. The number of aromatic nitrogens is 2. The summed E-state index contributed by atoms with van der Waals surface area (Å²) in [6.45, 7) is 0. The first-order valence-electron chi connectivity index (χ1n) is 4.66. The van der Waals surface area contributed by atoms with Crippen LogP contribution in [0.25, 0.3) is 10.9 Å². The van der Waals surface area contributed by atoms with E-state index in [0.29, 0.717) is 0 Å². The van der Waals surface area contributed by atoms with Crippen molar-refractivity contribution >= 4 is 16.8 Å². The van der Waals surface area contributed by atoms with E-state index in [1.54, 1.807) is 0 Å². The Morgan fingerprint density at radius 3 is 2.61 bits per heavy atom. The molecule has 0 aliphatic rings. The van der Waals surface area contributed by atoms with Crippen molar-refractivity contribution < 1.29 is 22.7 Å². The van der Waals surface area contributed by atoms with Gasteiger partial charge in [-0.3, -0.25) is 14.8 Å². The average molecular weight is 257 g/mol. The zero-order chi connectivity index (χ0) is 13.3. The first-order chi connectivity index (χ1) is 8.37. The highest BCUT2D eigenvalue weighted by Gasteiger charge is 2.32. The largest absolute Gasteiger partial charge is 0.573 e. The third kappa shape index (κ3) is 2.47. The van der Waals surface area contributed by atoms with Gasteiger partial charge >= 0.3 is 6.36 Å². The first kappa shape index (κ1) is 12.1. The lowest BCUT2D eigenvalue weighted by Gasteiger charge is -2.10. The summed E-state index contributed by atoms with van der Waals surface area (Å²) in [7, 11) is 0. The van der Waals surface area contributed by atoms with Gasteiger partial charge < -0.3 is 10.5 Å². The Balaban J connectivity index is 2.59. The van der Waals surface area contributed by atoms with Crippen LogP contribution in [0.4, 0.5) is 13.2 Å². The molecular formula is C10H6F3N3O2. The van der Waals surface area contributed by atoms with E-state index in [0.717, 1.165) is 12.4 Å². The molecule has 0 fully saturated rings. The lowest BCUT2D eigenvalue weighted by atomic mass is 10.2. The molecule has 0 spiro atoms. The molecular weight excluding hydrogens is 251 g/mol. The zero-order valence-corrected chi connectivity index (χ0v) is 8.73. The minimum atomic E-state index is -4.85. The van der Waals surface area contributed by atoms with E-state index in [1.807, 2.05) is 0 Å². The first-order valence-corrected chi connectivity index (χ1v) is 4.66. The minimum absolute atomic E-state index is 0.0126. The molecule has 2 aromatic heterocycles. The molecule has 2 heterocycles. The van der Waals surface area contributed by atoms with Gasteiger partial charge in [-0.15, -0.1) is 13.2 Å². The van der Waals surface area contributed by atoms with Crippen molar-refractivity contribution in [2.45, 2.75) is 6.36 Å². The fraction of sp³-hybridized carbons (Fsp3) is 0.100. The molecule has 0 bridgehead atoms. The van der Waals surface area contributed by atoms with Gasteiger partial charge in [0.1, 0.15) is 0 Å². The van der Waals surface area contributed by atoms with Gasteiger partial charge in [0.05, 0.1) is 23.5 Å². The van der Waals surface area contributed by atoms with E-state index in [9.17, 15) is 18.0 Å². The van der Waals surface area contributed by atoms with E-state index in [-0.39, 0.29) is 16.5 Å². The SMILES string of the molecule is NC(=O)c1cnc2cncc(OC(F)(F)F)c2c1. The number of pyridine rings is 2. The van der Waals surface area contributed by atoms with E-state index in [4.69, 9.17) is 5.73 Å². The van der Waals surface area contributed by atoms with Gasteiger partial charge in [-0.2, -0.15) is 0 Å². The Morgan fingerprint density at radius 1 is 1.28 bits per heavy atom. The maximum atomic E-state index is 12.2. The summed E-state index contributed by atoms with van der Waals surface area (Å²) in [6, 6.07) is 1.17. The molecule has 0 aromatic carbocycles. The van der Waals surface area contributed by atoms with Crippen LogP contribution in [0.2, 0.25) is 0 Å². The average Bonchev–Trinajstić information content (AvgIpc) is 2.26. The molecule has 0 radical (unpaired) electrons. The highest BCUT2D eigenvalue weighted by atomic mass is 19.4. The number of halogens is 3. The molecule has 0 unspecified atom stereocenters. The predicted molar refractivity (Wildman–Crippen MR) is 54.7 cm³/mol. The summed E-state index contributed by atoms with van der Waals surface area (Å²) in [5, 5.41) is 0.0126. The maximum absolute atomic E-state index is 12.2. The number of carbonyl (C=O) groups is 1. The standard InChI is InChI=1S/C10H6F3N3O2/c11-10(12,13)18-8-4-15-3-7-6(8)1-5(2-16-7)9(14)17/h1-4H,(H2,14,17). The number of amides is 1. The third-order valence-corrected chi connectivity index (χ3v) is 2.08. The second kappa shape index (κ2) is 4.13. The van der Waals surface area contributed by atoms with Gasteiger partial charge in [-0.25, -0.2) is 0 Å². The van der Waals surface area contributed by atoms with Crippen molar-refractivity contribution in [2.75, 3.05) is 0 Å². The number of alkyl halides is 3. The Labute approximate surface area is 98.4 Å². The van der Waals surface area contributed by atoms with Crippen LogP contribution in [0.1, 0.15) is 10.4 Å². The van der Waals surface area contributed by atoms with Crippen molar-refractivity contribution in [2.24, 2.45) is 5.73 Å². The molecule has 5 nitrogen and oxygen atoms in total. The fourth-order valence-corrected chi connectivity index (χ4v) is 1.36. The summed E-state index contributed by atoms with van der Waals surface area (Å²) < 4.78 is 40.3. The van der Waals surface area contributed by atoms with Crippen LogP contribution in [0.15, 0.2) is 24.7 Å². The quantitative estimate of drug-likeness (QED) is 0.886. The summed E-state index contributed by atoms with van der Waals surface area (Å²) in [5.74, 6) is -1.32. The molecule has 2 rings (SSSR count). The maximum Gasteiger partial charge on any atom is 0.573 e. The molecule has 2 aromatic rings. The number of nitrogens with two attached hydrogens (primary N) is 1. The minimum Gasteiger partial charge on any atom is -0.403 e. The molecule has 1 amide bonds. The van der Waals surface area contributed by atoms with Crippen molar-refractivity contribution in [3.8, 4) is 5.75 Å². The molecule has 8 heteroatoms. The van der Waals surface area contributed by atoms with Crippen molar-refractivity contribution in [3.63, 3.8) is 0 Å². The summed E-state index contributed by atoms with van der Waals surface area (Å²) in [4.78, 5) is 18.3. The van der Waals surface area contributed by atoms with E-state index >= 15 is 0 Å². The molecule has 0 aliphatic carbocycles. The van der Waals surface area contributed by atoms with Gasteiger partial charge in [0.15, 0.2) is 5.75 Å². The van der Waals surface area contributed by atoms with Crippen LogP contribution in [-0.2, 0) is 0 Å². The molecule has 0 saturated heterocycles. The Bertz CT molecular complexity index is 613. The lowest BCUT2D eigenvalue weighted by molar-refractivity contribution is -0.274. The van der Waals surface area contributed by atoms with Gasteiger partial charge in [0, 0.05) is 11.6 Å². The van der Waals surface area contributed by atoms with Crippen LogP contribution >= 0.6 is 0 Å². The number of primary amides is 1. The topological polar surface area (TPSA) is 78.1 Å². The highest BCUT2D eigenvalue weighted by molar-refractivity contribution is 5.97. The number of fused-ring (bicyclic) bond motifs is 1. The molecule has 2 N–H and O–H groups in total. The molecule has 0 atom stereocenters. The fourth-order valence-electron chi connectivity index (χ4n) is 1.36. The number of hydrogen-bond acceptors (Lipinski definition) is 4.